The van der Waals surface area contributed by atoms with Crippen molar-refractivity contribution in [2.24, 2.45) is 5.92 Å². The van der Waals surface area contributed by atoms with E-state index >= 15 is 0 Å². The minimum atomic E-state index is -2.81. The first kappa shape index (κ1) is 16.6. The number of carboxylic acids is 1. The van der Waals surface area contributed by atoms with Crippen LogP contribution in [0.4, 0.5) is 13.6 Å². The molecule has 0 aliphatic carbocycles. The second-order valence-corrected chi connectivity index (χ2v) is 3.84. The van der Waals surface area contributed by atoms with Crippen molar-refractivity contribution >= 4 is 12.0 Å². The zero-order chi connectivity index (χ0) is 14.1. The van der Waals surface area contributed by atoms with E-state index in [1.807, 2.05) is 0 Å². The predicted octanol–water partition coefficient (Wildman–Crippen LogP) is 0.978. The predicted molar refractivity (Wildman–Crippen MR) is 59.4 cm³/mol. The summed E-state index contributed by atoms with van der Waals surface area (Å²) >= 11 is 0. The Kier molecular flexibility index (Phi) is 7.93. The molecule has 0 aromatic heterocycles. The molecule has 8 heteroatoms. The second kappa shape index (κ2) is 8.62. The molecule has 0 aromatic carbocycles. The van der Waals surface area contributed by atoms with E-state index in [9.17, 15) is 18.4 Å². The normalized spacial score (nSPS) is 12.3. The monoisotopic (exact) mass is 268 g/mol. The molecule has 0 rings (SSSR count). The summed E-state index contributed by atoms with van der Waals surface area (Å²) in [4.78, 5) is 23.2. The molecule has 0 saturated heterocycles. The number of carbonyl (C=O) groups is 2. The molecule has 1 unspecified atom stereocenters. The Morgan fingerprint density at radius 3 is 2.56 bits per heavy atom. The van der Waals surface area contributed by atoms with Crippen molar-refractivity contribution in [1.82, 2.24) is 10.2 Å². The summed E-state index contributed by atoms with van der Waals surface area (Å²) in [7, 11) is 1.46. The average molecular weight is 268 g/mol. The molecule has 18 heavy (non-hydrogen) atoms. The minimum absolute atomic E-state index is 0.0781. The molecule has 2 amide bonds. The van der Waals surface area contributed by atoms with Gasteiger partial charge in [0, 0.05) is 20.1 Å². The number of urea groups is 1. The summed E-state index contributed by atoms with van der Waals surface area (Å²) in [6.45, 7) is -1.19. The van der Waals surface area contributed by atoms with Gasteiger partial charge < -0.3 is 20.1 Å². The number of nitrogens with one attached hydrogen (secondary N) is 1. The number of alkyl halides is 2. The van der Waals surface area contributed by atoms with Crippen molar-refractivity contribution in [3.8, 4) is 0 Å². The lowest BCUT2D eigenvalue weighted by Crippen LogP contribution is -2.41. The summed E-state index contributed by atoms with van der Waals surface area (Å²) < 4.78 is 27.2. The van der Waals surface area contributed by atoms with Gasteiger partial charge in [-0.3, -0.25) is 4.79 Å². The van der Waals surface area contributed by atoms with E-state index in [-0.39, 0.29) is 26.1 Å². The number of hydrogen-bond donors (Lipinski definition) is 2. The number of aliphatic carboxylic acids is 1. The highest BCUT2D eigenvalue weighted by Gasteiger charge is 2.16. The largest absolute Gasteiger partial charge is 0.481 e. The highest BCUT2D eigenvalue weighted by Crippen LogP contribution is 1.99. The summed E-state index contributed by atoms with van der Waals surface area (Å²) in [6.07, 6.45) is 0.262. The highest BCUT2D eigenvalue weighted by molar-refractivity contribution is 5.75. The lowest BCUT2D eigenvalue weighted by molar-refractivity contribution is -0.141. The molecule has 6 nitrogen and oxygen atoms in total. The molecule has 0 saturated carbocycles. The van der Waals surface area contributed by atoms with Gasteiger partial charge >= 0.3 is 18.6 Å². The van der Waals surface area contributed by atoms with Gasteiger partial charge in [0.1, 0.15) is 0 Å². The topological polar surface area (TPSA) is 78.9 Å². The number of amides is 2. The quantitative estimate of drug-likeness (QED) is 0.643. The van der Waals surface area contributed by atoms with E-state index in [1.165, 1.54) is 18.9 Å². The van der Waals surface area contributed by atoms with E-state index in [0.29, 0.717) is 0 Å². The molecular formula is C10H18F2N2O4. The number of nitrogens with zero attached hydrogens (tertiary/aromatic N) is 1. The SMILES string of the molecule is CC(CN(C)C(=O)NCCCOC(F)F)C(=O)O. The van der Waals surface area contributed by atoms with Crippen molar-refractivity contribution in [2.75, 3.05) is 26.7 Å². The summed E-state index contributed by atoms with van der Waals surface area (Å²) in [6, 6.07) is -0.444. The molecule has 0 radical (unpaired) electrons. The Hall–Kier alpha value is -1.44. The third kappa shape index (κ3) is 7.77. The van der Waals surface area contributed by atoms with E-state index in [0.717, 1.165) is 0 Å². The van der Waals surface area contributed by atoms with Crippen molar-refractivity contribution in [3.05, 3.63) is 0 Å². The van der Waals surface area contributed by atoms with Crippen LogP contribution in [0.3, 0.4) is 0 Å². The fourth-order valence-electron chi connectivity index (χ4n) is 1.15. The van der Waals surface area contributed by atoms with E-state index in [2.05, 4.69) is 10.1 Å². The third-order valence-corrected chi connectivity index (χ3v) is 2.16. The smallest absolute Gasteiger partial charge is 0.345 e. The molecule has 0 spiro atoms. The molecular weight excluding hydrogens is 250 g/mol. The van der Waals surface area contributed by atoms with Gasteiger partial charge in [-0.1, -0.05) is 6.92 Å². The Bertz CT molecular complexity index is 277. The van der Waals surface area contributed by atoms with Crippen LogP contribution in [-0.4, -0.2) is 55.4 Å². The van der Waals surface area contributed by atoms with Gasteiger partial charge in [-0.15, -0.1) is 0 Å². The van der Waals surface area contributed by atoms with Crippen LogP contribution in [0.15, 0.2) is 0 Å². The highest BCUT2D eigenvalue weighted by atomic mass is 19.3. The van der Waals surface area contributed by atoms with Crippen LogP contribution in [0.1, 0.15) is 13.3 Å². The number of rotatable bonds is 8. The van der Waals surface area contributed by atoms with Crippen LogP contribution in [-0.2, 0) is 9.53 Å². The molecule has 2 N–H and O–H groups in total. The summed E-state index contributed by atoms with van der Waals surface area (Å²) in [5.41, 5.74) is 0. The van der Waals surface area contributed by atoms with Crippen LogP contribution < -0.4 is 5.32 Å². The zero-order valence-electron chi connectivity index (χ0n) is 10.4. The Morgan fingerprint density at radius 2 is 2.06 bits per heavy atom. The van der Waals surface area contributed by atoms with Crippen LogP contribution in [0.25, 0.3) is 0 Å². The molecule has 0 bridgehead atoms. The van der Waals surface area contributed by atoms with Gasteiger partial charge in [0.15, 0.2) is 0 Å². The first-order chi connectivity index (χ1) is 8.34. The molecule has 1 atom stereocenters. The van der Waals surface area contributed by atoms with Crippen molar-refractivity contribution in [1.29, 1.82) is 0 Å². The Morgan fingerprint density at radius 1 is 1.44 bits per heavy atom. The van der Waals surface area contributed by atoms with Gasteiger partial charge in [0.05, 0.1) is 12.5 Å². The first-order valence-corrected chi connectivity index (χ1v) is 5.46. The van der Waals surface area contributed by atoms with Crippen LogP contribution in [0.2, 0.25) is 0 Å². The van der Waals surface area contributed by atoms with Crippen LogP contribution in [0.5, 0.6) is 0 Å². The van der Waals surface area contributed by atoms with Gasteiger partial charge in [0.2, 0.25) is 0 Å². The molecule has 0 heterocycles. The fourth-order valence-corrected chi connectivity index (χ4v) is 1.15. The van der Waals surface area contributed by atoms with Crippen molar-refractivity contribution in [2.45, 2.75) is 20.0 Å². The molecule has 0 fully saturated rings. The lowest BCUT2D eigenvalue weighted by Gasteiger charge is -2.19. The molecule has 0 aliphatic rings. The van der Waals surface area contributed by atoms with E-state index in [4.69, 9.17) is 5.11 Å². The maximum Gasteiger partial charge on any atom is 0.345 e. The van der Waals surface area contributed by atoms with Gasteiger partial charge in [-0.25, -0.2) is 4.79 Å². The Balaban J connectivity index is 3.71. The van der Waals surface area contributed by atoms with E-state index < -0.39 is 24.5 Å². The number of carbonyl (C=O) groups excluding carboxylic acids is 1. The molecule has 0 aromatic rings. The fraction of sp³-hybridized carbons (Fsp3) is 0.800. The number of halogens is 2. The maximum atomic E-state index is 11.6. The maximum absolute atomic E-state index is 11.6. The third-order valence-electron chi connectivity index (χ3n) is 2.16. The molecule has 0 aliphatic heterocycles. The second-order valence-electron chi connectivity index (χ2n) is 3.84. The number of ether oxygens (including phenoxy) is 1. The standard InChI is InChI=1S/C10H18F2N2O4/c1-7(8(15)16)6-14(2)10(17)13-4-3-5-18-9(11)12/h7,9H,3-6H2,1-2H3,(H,13,17)(H,15,16). The average Bonchev–Trinajstić information content (AvgIpc) is 2.27. The van der Waals surface area contributed by atoms with Crippen LogP contribution >= 0.6 is 0 Å². The minimum Gasteiger partial charge on any atom is -0.481 e. The van der Waals surface area contributed by atoms with Gasteiger partial charge in [0.25, 0.3) is 0 Å². The molecule has 106 valence electrons. The van der Waals surface area contributed by atoms with E-state index in [1.54, 1.807) is 0 Å². The summed E-state index contributed by atoms with van der Waals surface area (Å²) in [5, 5.41) is 11.1. The number of hydrogen-bond acceptors (Lipinski definition) is 3. The lowest BCUT2D eigenvalue weighted by atomic mass is 10.2. The Labute approximate surface area is 104 Å². The van der Waals surface area contributed by atoms with Crippen molar-refractivity contribution < 1.29 is 28.2 Å². The van der Waals surface area contributed by atoms with Gasteiger partial charge in [-0.2, -0.15) is 8.78 Å². The van der Waals surface area contributed by atoms with Crippen LogP contribution in [0, 0.1) is 5.92 Å². The van der Waals surface area contributed by atoms with Crippen molar-refractivity contribution in [3.63, 3.8) is 0 Å². The first-order valence-electron chi connectivity index (χ1n) is 5.46. The zero-order valence-corrected chi connectivity index (χ0v) is 10.4. The summed E-state index contributed by atoms with van der Waals surface area (Å²) in [5.74, 6) is -1.65. The number of carboxylic acid groups (broad SMARTS) is 1. The van der Waals surface area contributed by atoms with Gasteiger partial charge in [-0.05, 0) is 6.42 Å².